The number of halogens is 1. The maximum atomic E-state index is 12.9. The number of hydrogen-bond acceptors (Lipinski definition) is 1. The van der Waals surface area contributed by atoms with Crippen molar-refractivity contribution in [2.75, 3.05) is 13.6 Å². The Labute approximate surface area is 91.7 Å². The van der Waals surface area contributed by atoms with Crippen molar-refractivity contribution in [3.63, 3.8) is 0 Å². The zero-order valence-corrected chi connectivity index (χ0v) is 9.81. The van der Waals surface area contributed by atoms with Gasteiger partial charge in [0.1, 0.15) is 5.82 Å². The predicted octanol–water partition coefficient (Wildman–Crippen LogP) is 3.10. The number of benzene rings is 1. The molecular formula is C13H20FN. The lowest BCUT2D eigenvalue weighted by Crippen LogP contribution is -2.35. The Bertz CT molecular complexity index is 288. The van der Waals surface area contributed by atoms with E-state index in [1.54, 1.807) is 12.1 Å². The molecule has 15 heavy (non-hydrogen) atoms. The van der Waals surface area contributed by atoms with Gasteiger partial charge in [-0.1, -0.05) is 26.0 Å². The van der Waals surface area contributed by atoms with Gasteiger partial charge in [0.15, 0.2) is 0 Å². The summed E-state index contributed by atoms with van der Waals surface area (Å²) >= 11 is 0. The predicted molar refractivity (Wildman–Crippen MR) is 62.6 cm³/mol. The van der Waals surface area contributed by atoms with Gasteiger partial charge >= 0.3 is 0 Å². The van der Waals surface area contributed by atoms with Gasteiger partial charge in [-0.25, -0.2) is 4.39 Å². The third-order valence-corrected chi connectivity index (χ3v) is 3.33. The lowest BCUT2D eigenvalue weighted by atomic mass is 9.76. The first kappa shape index (κ1) is 12.2. The lowest BCUT2D eigenvalue weighted by Gasteiger charge is -2.32. The van der Waals surface area contributed by atoms with E-state index in [4.69, 9.17) is 0 Å². The van der Waals surface area contributed by atoms with E-state index in [0.717, 1.165) is 19.4 Å². The van der Waals surface area contributed by atoms with E-state index in [2.05, 4.69) is 19.2 Å². The van der Waals surface area contributed by atoms with Crippen LogP contribution in [0, 0.1) is 5.82 Å². The molecule has 0 atom stereocenters. The fourth-order valence-corrected chi connectivity index (χ4v) is 2.15. The Balaban J connectivity index is 3.02. The third kappa shape index (κ3) is 2.57. The first-order valence-corrected chi connectivity index (χ1v) is 5.59. The zero-order valence-electron chi connectivity index (χ0n) is 9.81. The maximum Gasteiger partial charge on any atom is 0.123 e. The minimum absolute atomic E-state index is 0.141. The summed E-state index contributed by atoms with van der Waals surface area (Å²) in [4.78, 5) is 0. The molecule has 0 unspecified atom stereocenters. The summed E-state index contributed by atoms with van der Waals surface area (Å²) < 4.78 is 12.9. The Kier molecular flexibility index (Phi) is 4.28. The van der Waals surface area contributed by atoms with E-state index in [-0.39, 0.29) is 11.2 Å². The van der Waals surface area contributed by atoms with Crippen LogP contribution in [0.4, 0.5) is 4.39 Å². The van der Waals surface area contributed by atoms with Crippen molar-refractivity contribution >= 4 is 0 Å². The number of rotatable bonds is 5. The second-order valence-corrected chi connectivity index (χ2v) is 4.02. The summed E-state index contributed by atoms with van der Waals surface area (Å²) in [6, 6.07) is 6.90. The molecular weight excluding hydrogens is 189 g/mol. The fraction of sp³-hybridized carbons (Fsp3) is 0.538. The van der Waals surface area contributed by atoms with Gasteiger partial charge in [0.05, 0.1) is 0 Å². The number of nitrogens with one attached hydrogen (secondary N) is 1. The normalized spacial score (nSPS) is 11.7. The van der Waals surface area contributed by atoms with Crippen LogP contribution in [0.2, 0.25) is 0 Å². The Morgan fingerprint density at radius 2 is 1.67 bits per heavy atom. The third-order valence-electron chi connectivity index (χ3n) is 3.33. The van der Waals surface area contributed by atoms with Crippen molar-refractivity contribution in [2.24, 2.45) is 0 Å². The SMILES string of the molecule is CCC(CC)(CNC)c1ccc(F)cc1. The van der Waals surface area contributed by atoms with Crippen molar-refractivity contribution in [3.8, 4) is 0 Å². The highest BCUT2D eigenvalue weighted by molar-refractivity contribution is 5.26. The van der Waals surface area contributed by atoms with Crippen molar-refractivity contribution < 1.29 is 4.39 Å². The van der Waals surface area contributed by atoms with E-state index in [1.165, 1.54) is 5.56 Å². The van der Waals surface area contributed by atoms with Crippen molar-refractivity contribution in [1.82, 2.24) is 5.32 Å². The van der Waals surface area contributed by atoms with Crippen molar-refractivity contribution in [1.29, 1.82) is 0 Å². The van der Waals surface area contributed by atoms with Crippen LogP contribution in [0.15, 0.2) is 24.3 Å². The molecule has 0 heterocycles. The molecule has 1 nitrogen and oxygen atoms in total. The second-order valence-electron chi connectivity index (χ2n) is 4.02. The Hall–Kier alpha value is -0.890. The van der Waals surface area contributed by atoms with Crippen LogP contribution in [-0.2, 0) is 5.41 Å². The zero-order chi connectivity index (χ0) is 11.3. The molecule has 0 aromatic heterocycles. The highest BCUT2D eigenvalue weighted by Gasteiger charge is 2.27. The smallest absolute Gasteiger partial charge is 0.123 e. The van der Waals surface area contributed by atoms with Gasteiger partial charge in [0.25, 0.3) is 0 Å². The monoisotopic (exact) mass is 209 g/mol. The van der Waals surface area contributed by atoms with Gasteiger partial charge in [0.2, 0.25) is 0 Å². The average molecular weight is 209 g/mol. The van der Waals surface area contributed by atoms with Gasteiger partial charge in [-0.3, -0.25) is 0 Å². The minimum Gasteiger partial charge on any atom is -0.319 e. The Morgan fingerprint density at radius 3 is 2.07 bits per heavy atom. The van der Waals surface area contributed by atoms with E-state index in [9.17, 15) is 4.39 Å². The number of likely N-dealkylation sites (N-methyl/N-ethyl adjacent to an activating group) is 1. The molecule has 0 amide bonds. The molecule has 1 aromatic rings. The summed E-state index contributed by atoms with van der Waals surface area (Å²) in [5, 5.41) is 3.23. The maximum absolute atomic E-state index is 12.9. The molecule has 0 radical (unpaired) electrons. The van der Waals surface area contributed by atoms with Gasteiger partial charge in [-0.2, -0.15) is 0 Å². The van der Waals surface area contributed by atoms with Crippen LogP contribution in [0.25, 0.3) is 0 Å². The second kappa shape index (κ2) is 5.26. The van der Waals surface area contributed by atoms with E-state index < -0.39 is 0 Å². The van der Waals surface area contributed by atoms with E-state index in [0.29, 0.717) is 0 Å². The summed E-state index contributed by atoms with van der Waals surface area (Å²) in [5.74, 6) is -0.163. The molecule has 1 rings (SSSR count). The molecule has 0 aliphatic rings. The molecule has 84 valence electrons. The van der Waals surface area contributed by atoms with Crippen LogP contribution in [-0.4, -0.2) is 13.6 Å². The first-order valence-electron chi connectivity index (χ1n) is 5.59. The Morgan fingerprint density at radius 1 is 1.13 bits per heavy atom. The molecule has 0 saturated carbocycles. The molecule has 0 aliphatic carbocycles. The first-order chi connectivity index (χ1) is 7.18. The van der Waals surface area contributed by atoms with E-state index in [1.807, 2.05) is 19.2 Å². The van der Waals surface area contributed by atoms with Crippen LogP contribution in [0.5, 0.6) is 0 Å². The van der Waals surface area contributed by atoms with Gasteiger partial charge in [-0.15, -0.1) is 0 Å². The average Bonchev–Trinajstić information content (AvgIpc) is 2.27. The minimum atomic E-state index is -0.163. The van der Waals surface area contributed by atoms with Crippen LogP contribution in [0.1, 0.15) is 32.3 Å². The topological polar surface area (TPSA) is 12.0 Å². The fourth-order valence-electron chi connectivity index (χ4n) is 2.15. The highest BCUT2D eigenvalue weighted by Crippen LogP contribution is 2.30. The van der Waals surface area contributed by atoms with Gasteiger partial charge < -0.3 is 5.32 Å². The number of hydrogen-bond donors (Lipinski definition) is 1. The van der Waals surface area contributed by atoms with Crippen molar-refractivity contribution in [3.05, 3.63) is 35.6 Å². The molecule has 1 N–H and O–H groups in total. The molecule has 2 heteroatoms. The van der Waals surface area contributed by atoms with E-state index >= 15 is 0 Å². The van der Waals surface area contributed by atoms with Gasteiger partial charge in [0, 0.05) is 12.0 Å². The van der Waals surface area contributed by atoms with Crippen LogP contribution < -0.4 is 5.32 Å². The summed E-state index contributed by atoms with van der Waals surface area (Å²) in [5.41, 5.74) is 1.37. The highest BCUT2D eigenvalue weighted by atomic mass is 19.1. The van der Waals surface area contributed by atoms with Crippen LogP contribution in [0.3, 0.4) is 0 Å². The quantitative estimate of drug-likeness (QED) is 0.785. The summed E-state index contributed by atoms with van der Waals surface area (Å²) in [6.07, 6.45) is 2.13. The molecule has 0 spiro atoms. The van der Waals surface area contributed by atoms with Crippen LogP contribution >= 0.6 is 0 Å². The largest absolute Gasteiger partial charge is 0.319 e. The molecule has 1 aromatic carbocycles. The summed E-state index contributed by atoms with van der Waals surface area (Å²) in [7, 11) is 1.96. The van der Waals surface area contributed by atoms with Crippen molar-refractivity contribution in [2.45, 2.75) is 32.1 Å². The molecule has 0 bridgehead atoms. The molecule has 0 saturated heterocycles. The lowest BCUT2D eigenvalue weighted by molar-refractivity contribution is 0.380. The molecule has 0 aliphatic heterocycles. The summed E-state index contributed by atoms with van der Waals surface area (Å²) in [6.45, 7) is 5.31. The molecule has 0 fully saturated rings. The van der Waals surface area contributed by atoms with Gasteiger partial charge in [-0.05, 0) is 37.6 Å². The standard InChI is InChI=1S/C13H20FN/c1-4-13(5-2,10-15-3)11-6-8-12(14)9-7-11/h6-9,15H,4-5,10H2,1-3H3.